The molecule has 0 saturated carbocycles. The molecule has 0 unspecified atom stereocenters. The molecule has 0 spiro atoms. The zero-order valence-electron chi connectivity index (χ0n) is 16.7. The Morgan fingerprint density at radius 2 is 1.83 bits per heavy atom. The number of hydrogen-bond acceptors (Lipinski definition) is 6. The van der Waals surface area contributed by atoms with Crippen molar-refractivity contribution in [3.63, 3.8) is 0 Å². The molecule has 29 heavy (non-hydrogen) atoms. The van der Waals surface area contributed by atoms with Crippen LogP contribution in [0.4, 0.5) is 5.82 Å². The van der Waals surface area contributed by atoms with E-state index < -0.39 is 0 Å². The van der Waals surface area contributed by atoms with Crippen molar-refractivity contribution in [2.24, 2.45) is 0 Å². The van der Waals surface area contributed by atoms with Crippen molar-refractivity contribution in [2.45, 2.75) is 20.4 Å². The fourth-order valence-electron chi connectivity index (χ4n) is 4.05. The Kier molecular flexibility index (Phi) is 4.60. The van der Waals surface area contributed by atoms with E-state index in [1.165, 1.54) is 10.1 Å². The highest BCUT2D eigenvalue weighted by molar-refractivity contribution is 7.13. The van der Waals surface area contributed by atoms with Crippen molar-refractivity contribution in [1.29, 1.82) is 0 Å². The maximum absolute atomic E-state index is 12.8. The van der Waals surface area contributed by atoms with Crippen LogP contribution in [0.2, 0.25) is 0 Å². The van der Waals surface area contributed by atoms with E-state index in [1.54, 1.807) is 16.0 Å². The number of hydrogen-bond donors (Lipinski definition) is 0. The molecule has 0 atom stereocenters. The first kappa shape index (κ1) is 18.3. The number of rotatable bonds is 4. The van der Waals surface area contributed by atoms with E-state index in [2.05, 4.69) is 43.5 Å². The van der Waals surface area contributed by atoms with Crippen LogP contribution in [0.15, 0.2) is 41.5 Å². The molecular weight excluding hydrogens is 384 g/mol. The average Bonchev–Trinajstić information content (AvgIpc) is 3.29. The van der Waals surface area contributed by atoms with Crippen LogP contribution in [0.25, 0.3) is 15.6 Å². The minimum Gasteiger partial charge on any atom is -0.353 e. The van der Waals surface area contributed by atoms with Crippen molar-refractivity contribution >= 4 is 33.0 Å². The largest absolute Gasteiger partial charge is 0.353 e. The van der Waals surface area contributed by atoms with E-state index in [9.17, 15) is 4.79 Å². The van der Waals surface area contributed by atoms with Crippen LogP contribution in [0.5, 0.6) is 0 Å². The highest BCUT2D eigenvalue weighted by Crippen LogP contribution is 2.29. The minimum atomic E-state index is 0.0400. The molecule has 1 aromatic carbocycles. The van der Waals surface area contributed by atoms with Crippen LogP contribution in [0.3, 0.4) is 0 Å². The Balaban J connectivity index is 1.25. The third kappa shape index (κ3) is 3.22. The molecular formula is C21H24N6OS. The van der Waals surface area contributed by atoms with Gasteiger partial charge in [0.1, 0.15) is 11.3 Å². The molecule has 1 aliphatic rings. The zero-order valence-corrected chi connectivity index (χ0v) is 17.5. The number of aromatic nitrogens is 4. The summed E-state index contributed by atoms with van der Waals surface area (Å²) in [6, 6.07) is 8.43. The molecule has 0 radical (unpaired) electrons. The summed E-state index contributed by atoms with van der Waals surface area (Å²) in [6.07, 6.45) is 3.72. The summed E-state index contributed by atoms with van der Waals surface area (Å²) < 4.78 is 9.43. The number of piperazine rings is 1. The van der Waals surface area contributed by atoms with Crippen molar-refractivity contribution in [2.75, 3.05) is 37.6 Å². The van der Waals surface area contributed by atoms with E-state index in [0.29, 0.717) is 12.1 Å². The molecule has 0 N–H and O–H groups in total. The summed E-state index contributed by atoms with van der Waals surface area (Å²) in [5, 5.41) is 5.65. The molecule has 4 heterocycles. The number of anilines is 1. The molecule has 1 saturated heterocycles. The third-order valence-corrected chi connectivity index (χ3v) is 6.74. The Morgan fingerprint density at radius 1 is 1.03 bits per heavy atom. The number of nitrogens with zero attached hydrogens (tertiary/aromatic N) is 6. The predicted molar refractivity (Wildman–Crippen MR) is 117 cm³/mol. The summed E-state index contributed by atoms with van der Waals surface area (Å²) >= 11 is 1.57. The van der Waals surface area contributed by atoms with Gasteiger partial charge >= 0.3 is 0 Å². The minimum absolute atomic E-state index is 0.0400. The van der Waals surface area contributed by atoms with Gasteiger partial charge in [-0.1, -0.05) is 12.1 Å². The monoisotopic (exact) mass is 408 g/mol. The second-order valence-electron chi connectivity index (χ2n) is 7.63. The zero-order chi connectivity index (χ0) is 20.0. The fraction of sp³-hybridized carbons (Fsp3) is 0.381. The molecule has 1 aliphatic heterocycles. The van der Waals surface area contributed by atoms with Gasteiger partial charge in [0.2, 0.25) is 0 Å². The topological polar surface area (TPSA) is 58.7 Å². The van der Waals surface area contributed by atoms with E-state index in [4.69, 9.17) is 0 Å². The normalized spacial score (nSPS) is 15.6. The number of aryl methyl sites for hydroxylation is 2. The molecule has 3 aromatic heterocycles. The Morgan fingerprint density at radius 3 is 2.66 bits per heavy atom. The van der Waals surface area contributed by atoms with Crippen molar-refractivity contribution in [1.82, 2.24) is 23.5 Å². The lowest BCUT2D eigenvalue weighted by atomic mass is 10.2. The molecule has 1 fully saturated rings. The second kappa shape index (κ2) is 7.27. The maximum atomic E-state index is 12.8. The predicted octanol–water partition coefficient (Wildman–Crippen LogP) is 2.54. The Hall–Kier alpha value is -2.71. The number of fused-ring (bicyclic) bond motifs is 2. The summed E-state index contributed by atoms with van der Waals surface area (Å²) in [4.78, 5) is 17.6. The van der Waals surface area contributed by atoms with Gasteiger partial charge in [0, 0.05) is 62.6 Å². The second-order valence-corrected chi connectivity index (χ2v) is 8.44. The Labute approximate surface area is 173 Å². The van der Waals surface area contributed by atoms with E-state index in [0.717, 1.165) is 49.8 Å². The van der Waals surface area contributed by atoms with Crippen LogP contribution in [0, 0.1) is 13.8 Å². The van der Waals surface area contributed by atoms with Gasteiger partial charge in [-0.15, -0.1) is 0 Å². The van der Waals surface area contributed by atoms with Gasteiger partial charge in [-0.25, -0.2) is 4.52 Å². The lowest BCUT2D eigenvalue weighted by molar-refractivity contribution is 0.247. The summed E-state index contributed by atoms with van der Waals surface area (Å²) in [5.41, 5.74) is 2.60. The summed E-state index contributed by atoms with van der Waals surface area (Å²) in [6.45, 7) is 9.35. The quantitative estimate of drug-likeness (QED) is 0.519. The van der Waals surface area contributed by atoms with Crippen LogP contribution in [-0.2, 0) is 6.54 Å². The molecule has 0 bridgehead atoms. The maximum Gasteiger partial charge on any atom is 0.276 e. The van der Waals surface area contributed by atoms with Crippen LogP contribution in [0.1, 0.15) is 11.3 Å². The third-order valence-electron chi connectivity index (χ3n) is 5.92. The van der Waals surface area contributed by atoms with Gasteiger partial charge in [0.25, 0.3) is 5.56 Å². The van der Waals surface area contributed by atoms with Crippen LogP contribution in [-0.4, -0.2) is 56.2 Å². The van der Waals surface area contributed by atoms with Gasteiger partial charge in [-0.3, -0.25) is 9.69 Å². The van der Waals surface area contributed by atoms with Crippen molar-refractivity contribution in [3.8, 4) is 0 Å². The van der Waals surface area contributed by atoms with Gasteiger partial charge < -0.3 is 9.47 Å². The molecule has 150 valence electrons. The smallest absolute Gasteiger partial charge is 0.276 e. The van der Waals surface area contributed by atoms with E-state index >= 15 is 0 Å². The highest BCUT2D eigenvalue weighted by Gasteiger charge is 2.20. The standard InChI is InChI=1S/C21H24N6OS/c1-15-16(2)22-27-14-13-26(21(28)19(15)27)12-9-24-7-10-25(11-8-24)20-17-5-3-4-6-18(17)29-23-20/h3-6,13-14H,7-12H2,1-2H3. The van der Waals surface area contributed by atoms with Crippen LogP contribution < -0.4 is 10.5 Å². The van der Waals surface area contributed by atoms with Crippen molar-refractivity contribution < 1.29 is 0 Å². The van der Waals surface area contributed by atoms with Gasteiger partial charge in [-0.2, -0.15) is 9.47 Å². The van der Waals surface area contributed by atoms with E-state index in [1.807, 2.05) is 30.8 Å². The van der Waals surface area contributed by atoms with Gasteiger partial charge in [0.15, 0.2) is 0 Å². The molecule has 4 aromatic rings. The Bertz CT molecular complexity index is 1230. The lowest BCUT2D eigenvalue weighted by Gasteiger charge is -2.35. The molecule has 0 aliphatic carbocycles. The number of benzene rings is 1. The van der Waals surface area contributed by atoms with Gasteiger partial charge in [0.05, 0.1) is 10.4 Å². The SMILES string of the molecule is Cc1nn2ccn(CCN3CCN(c4nsc5ccccc45)CC3)c(=O)c2c1C. The average molecular weight is 409 g/mol. The fourth-order valence-corrected chi connectivity index (χ4v) is 4.85. The van der Waals surface area contributed by atoms with Crippen LogP contribution >= 0.6 is 11.5 Å². The lowest BCUT2D eigenvalue weighted by Crippen LogP contribution is -2.47. The summed E-state index contributed by atoms with van der Waals surface area (Å²) in [7, 11) is 0. The van der Waals surface area contributed by atoms with E-state index in [-0.39, 0.29) is 5.56 Å². The molecule has 5 rings (SSSR count). The first-order chi connectivity index (χ1) is 14.1. The van der Waals surface area contributed by atoms with Gasteiger partial charge in [-0.05, 0) is 37.5 Å². The highest BCUT2D eigenvalue weighted by atomic mass is 32.1. The molecule has 0 amide bonds. The first-order valence-corrected chi connectivity index (χ1v) is 10.8. The molecule has 8 heteroatoms. The molecule has 7 nitrogen and oxygen atoms in total. The summed E-state index contributed by atoms with van der Waals surface area (Å²) in [5.74, 6) is 1.11. The van der Waals surface area contributed by atoms with Crippen molar-refractivity contribution in [3.05, 3.63) is 58.3 Å². The first-order valence-electron chi connectivity index (χ1n) is 9.98.